The van der Waals surface area contributed by atoms with Crippen molar-refractivity contribution in [2.75, 3.05) is 7.11 Å². The van der Waals surface area contributed by atoms with Crippen molar-refractivity contribution < 1.29 is 27.1 Å². The molecule has 0 saturated heterocycles. The molecular weight excluding hydrogens is 376 g/mol. The zero-order valence-corrected chi connectivity index (χ0v) is 14.8. The van der Waals surface area contributed by atoms with Crippen LogP contribution in [0.25, 0.3) is 0 Å². The molecule has 0 aromatic heterocycles. The fourth-order valence-corrected chi connectivity index (χ4v) is 3.94. The summed E-state index contributed by atoms with van der Waals surface area (Å²) in [6.45, 7) is 0. The molecule has 1 amide bonds. The average molecular weight is 392 g/mol. The van der Waals surface area contributed by atoms with Gasteiger partial charge in [0.25, 0.3) is 0 Å². The number of amides is 1. The summed E-state index contributed by atoms with van der Waals surface area (Å²) in [5.74, 6) is -2.78. The van der Waals surface area contributed by atoms with Gasteiger partial charge in [-0.2, -0.15) is 18.3 Å². The first kappa shape index (κ1) is 18.5. The molecule has 0 N–H and O–H groups in total. The van der Waals surface area contributed by atoms with Crippen LogP contribution >= 0.6 is 0 Å². The highest BCUT2D eigenvalue weighted by atomic mass is 19.4. The Morgan fingerprint density at radius 3 is 2.64 bits per heavy atom. The molecule has 0 saturated carbocycles. The molecule has 0 radical (unpaired) electrons. The maximum Gasteiger partial charge on any atom is 0.473 e. The van der Waals surface area contributed by atoms with Crippen molar-refractivity contribution in [1.29, 1.82) is 0 Å². The summed E-state index contributed by atoms with van der Waals surface area (Å²) in [6, 6.07) is 9.70. The third-order valence-electron chi connectivity index (χ3n) is 5.20. The minimum absolute atomic E-state index is 0.0233. The number of carbonyl (C=O) groups excluding carboxylic acids is 1. The summed E-state index contributed by atoms with van der Waals surface area (Å²) < 4.78 is 59.3. The lowest BCUT2D eigenvalue weighted by atomic mass is 9.77. The summed E-state index contributed by atoms with van der Waals surface area (Å²) in [6.07, 6.45) is -4.07. The highest BCUT2D eigenvalue weighted by Crippen LogP contribution is 2.45. The van der Waals surface area contributed by atoms with E-state index in [0.717, 1.165) is 5.56 Å². The molecule has 4 rings (SSSR count). The zero-order valence-electron chi connectivity index (χ0n) is 14.8. The van der Waals surface area contributed by atoms with Crippen LogP contribution in [0.15, 0.2) is 47.6 Å². The average Bonchev–Trinajstić information content (AvgIpc) is 3.06. The molecule has 4 nitrogen and oxygen atoms in total. The topological polar surface area (TPSA) is 41.9 Å². The van der Waals surface area contributed by atoms with Gasteiger partial charge in [-0.1, -0.05) is 24.3 Å². The predicted molar refractivity (Wildman–Crippen MR) is 93.4 cm³/mol. The van der Waals surface area contributed by atoms with Crippen LogP contribution in [0.1, 0.15) is 29.2 Å². The molecule has 2 aromatic carbocycles. The van der Waals surface area contributed by atoms with Crippen molar-refractivity contribution in [3.05, 3.63) is 65.0 Å². The Labute approximate surface area is 158 Å². The number of hydrogen-bond acceptors (Lipinski definition) is 3. The van der Waals surface area contributed by atoms with E-state index in [2.05, 4.69) is 5.10 Å². The number of nitrogens with zero attached hydrogens (tertiary/aromatic N) is 2. The molecule has 1 aliphatic carbocycles. The van der Waals surface area contributed by atoms with E-state index in [0.29, 0.717) is 34.9 Å². The quantitative estimate of drug-likeness (QED) is 0.718. The number of carbonyl (C=O) groups is 1. The number of hydrogen-bond donors (Lipinski definition) is 0. The van der Waals surface area contributed by atoms with Gasteiger partial charge in [-0.25, -0.2) is 9.40 Å². The zero-order chi connectivity index (χ0) is 20.1. The molecule has 2 atom stereocenters. The lowest BCUT2D eigenvalue weighted by molar-refractivity contribution is -0.188. The first-order valence-electron chi connectivity index (χ1n) is 8.72. The largest absolute Gasteiger partial charge is 0.497 e. The molecule has 146 valence electrons. The van der Waals surface area contributed by atoms with Crippen LogP contribution in [0, 0.1) is 11.7 Å². The molecule has 1 aliphatic heterocycles. The molecule has 0 unspecified atom stereocenters. The molecule has 0 spiro atoms. The van der Waals surface area contributed by atoms with E-state index in [1.165, 1.54) is 31.4 Å². The van der Waals surface area contributed by atoms with Gasteiger partial charge in [0.2, 0.25) is 0 Å². The number of rotatable bonds is 2. The second-order valence-electron chi connectivity index (χ2n) is 6.77. The van der Waals surface area contributed by atoms with Gasteiger partial charge >= 0.3 is 12.1 Å². The van der Waals surface area contributed by atoms with Crippen molar-refractivity contribution in [2.45, 2.75) is 25.1 Å². The van der Waals surface area contributed by atoms with Crippen LogP contribution in [0.2, 0.25) is 0 Å². The molecule has 2 aromatic rings. The minimum atomic E-state index is -5.11. The van der Waals surface area contributed by atoms with Crippen molar-refractivity contribution in [3.63, 3.8) is 0 Å². The number of alkyl halides is 3. The first-order chi connectivity index (χ1) is 13.3. The molecule has 2 aliphatic rings. The highest BCUT2D eigenvalue weighted by molar-refractivity contribution is 6.07. The van der Waals surface area contributed by atoms with E-state index < -0.39 is 29.9 Å². The molecule has 28 heavy (non-hydrogen) atoms. The molecule has 8 heteroatoms. The third kappa shape index (κ3) is 2.93. The van der Waals surface area contributed by atoms with Gasteiger partial charge in [0, 0.05) is 17.0 Å². The van der Waals surface area contributed by atoms with Gasteiger partial charge in [-0.05, 0) is 36.6 Å². The lowest BCUT2D eigenvalue weighted by Crippen LogP contribution is -2.40. The monoisotopic (exact) mass is 392 g/mol. The summed E-state index contributed by atoms with van der Waals surface area (Å²) in [5.41, 5.74) is 1.92. The number of ether oxygens (including phenoxy) is 1. The van der Waals surface area contributed by atoms with E-state index in [1.807, 2.05) is 6.07 Å². The predicted octanol–water partition coefficient (Wildman–Crippen LogP) is 4.25. The molecule has 0 fully saturated rings. The number of hydrazone groups is 1. The number of benzene rings is 2. The van der Waals surface area contributed by atoms with Crippen LogP contribution < -0.4 is 4.74 Å². The fourth-order valence-electron chi connectivity index (χ4n) is 3.94. The van der Waals surface area contributed by atoms with Crippen molar-refractivity contribution in [1.82, 2.24) is 5.01 Å². The van der Waals surface area contributed by atoms with Crippen LogP contribution in [0.5, 0.6) is 5.75 Å². The Balaban J connectivity index is 1.86. The summed E-state index contributed by atoms with van der Waals surface area (Å²) >= 11 is 0. The molecule has 1 heterocycles. The van der Waals surface area contributed by atoms with Crippen molar-refractivity contribution >= 4 is 11.6 Å². The minimum Gasteiger partial charge on any atom is -0.497 e. The Kier molecular flexibility index (Phi) is 4.36. The second-order valence-corrected chi connectivity index (χ2v) is 6.77. The van der Waals surface area contributed by atoms with Gasteiger partial charge in [0.1, 0.15) is 11.6 Å². The standard InChI is InChI=1S/C20H16F4N2O2/c1-28-12-8-6-11-7-9-14-17(15(11)10-12)25-26(19(27)20(22,23)24)18(14)13-4-2-3-5-16(13)21/h2-6,8,10,14,18H,7,9H2,1H3/t14-,18+/m1/s1. The smallest absolute Gasteiger partial charge is 0.473 e. The third-order valence-corrected chi connectivity index (χ3v) is 5.20. The lowest BCUT2D eigenvalue weighted by Gasteiger charge is -2.30. The van der Waals surface area contributed by atoms with Gasteiger partial charge in [-0.3, -0.25) is 4.79 Å². The number of methoxy groups -OCH3 is 1. The van der Waals surface area contributed by atoms with Crippen LogP contribution in [-0.4, -0.2) is 29.9 Å². The molecular formula is C20H16F4N2O2. The Morgan fingerprint density at radius 2 is 1.96 bits per heavy atom. The van der Waals surface area contributed by atoms with Gasteiger partial charge in [-0.15, -0.1) is 0 Å². The van der Waals surface area contributed by atoms with Crippen LogP contribution in [0.4, 0.5) is 17.6 Å². The van der Waals surface area contributed by atoms with Crippen LogP contribution in [-0.2, 0) is 11.2 Å². The van der Waals surface area contributed by atoms with Crippen molar-refractivity contribution in [2.24, 2.45) is 11.0 Å². The first-order valence-corrected chi connectivity index (χ1v) is 8.72. The van der Waals surface area contributed by atoms with E-state index >= 15 is 0 Å². The summed E-state index contributed by atoms with van der Waals surface area (Å²) in [5, 5.41) is 4.45. The number of fused-ring (bicyclic) bond motifs is 3. The normalized spacial score (nSPS) is 21.0. The Morgan fingerprint density at radius 1 is 1.21 bits per heavy atom. The van der Waals surface area contributed by atoms with Crippen LogP contribution in [0.3, 0.4) is 0 Å². The van der Waals surface area contributed by atoms with E-state index in [9.17, 15) is 22.4 Å². The number of aryl methyl sites for hydroxylation is 1. The van der Waals surface area contributed by atoms with Gasteiger partial charge < -0.3 is 4.74 Å². The Hall–Kier alpha value is -2.90. The highest BCUT2D eigenvalue weighted by Gasteiger charge is 2.52. The van der Waals surface area contributed by atoms with Gasteiger partial charge in [0.05, 0.1) is 18.9 Å². The maximum atomic E-state index is 14.5. The Bertz CT molecular complexity index is 971. The van der Waals surface area contributed by atoms with E-state index in [1.54, 1.807) is 12.1 Å². The van der Waals surface area contributed by atoms with Gasteiger partial charge in [0.15, 0.2) is 0 Å². The fraction of sp³-hybridized carbons (Fsp3) is 0.300. The summed E-state index contributed by atoms with van der Waals surface area (Å²) in [4.78, 5) is 12.1. The maximum absolute atomic E-state index is 14.5. The summed E-state index contributed by atoms with van der Waals surface area (Å²) in [7, 11) is 1.49. The van der Waals surface area contributed by atoms with E-state index in [4.69, 9.17) is 4.74 Å². The SMILES string of the molecule is COc1ccc2c(c1)C1=NN(C(=O)C(F)(F)F)[C@@H](c3ccccc3F)[C@@H]1CC2. The number of halogens is 4. The van der Waals surface area contributed by atoms with E-state index in [-0.39, 0.29) is 5.56 Å². The molecule has 0 bridgehead atoms. The van der Waals surface area contributed by atoms with Crippen molar-refractivity contribution in [3.8, 4) is 5.75 Å². The second kappa shape index (κ2) is 6.61.